The van der Waals surface area contributed by atoms with Gasteiger partial charge in [0.1, 0.15) is 0 Å². The Labute approximate surface area is 101 Å². The minimum Gasteiger partial charge on any atom is -0.316 e. The number of aromatic nitrogens is 1. The summed E-state index contributed by atoms with van der Waals surface area (Å²) >= 11 is 0. The van der Waals surface area contributed by atoms with Crippen molar-refractivity contribution in [3.63, 3.8) is 0 Å². The number of hydrogen-bond acceptors (Lipinski definition) is 5. The van der Waals surface area contributed by atoms with Crippen molar-refractivity contribution < 1.29 is 9.13 Å². The first-order valence-corrected chi connectivity index (χ1v) is 6.62. The number of rotatable bonds is 3. The summed E-state index contributed by atoms with van der Waals surface area (Å²) in [6.07, 6.45) is 3.20. The van der Waals surface area contributed by atoms with Crippen LogP contribution < -0.4 is 5.32 Å². The molecule has 0 spiro atoms. The third-order valence-corrected chi connectivity index (χ3v) is 4.40. The first-order valence-electron chi connectivity index (χ1n) is 5.41. The summed E-state index contributed by atoms with van der Waals surface area (Å²) < 4.78 is 12.2. The van der Waals surface area contributed by atoms with Gasteiger partial charge in [-0.2, -0.15) is 0 Å². The van der Waals surface area contributed by atoms with Crippen LogP contribution >= 0.6 is 0 Å². The van der Waals surface area contributed by atoms with Gasteiger partial charge in [0.05, 0.1) is 21.0 Å². The number of nitrogens with zero attached hydrogens (tertiary/aromatic N) is 2. The normalized spacial score (nSPS) is 22.0. The highest BCUT2D eigenvalue weighted by atomic mass is 32.2. The quantitative estimate of drug-likeness (QED) is 0.639. The van der Waals surface area contributed by atoms with Crippen LogP contribution in [0, 0.1) is 10.1 Å². The number of nitrogens with one attached hydrogen (secondary N) is 1. The summed E-state index contributed by atoms with van der Waals surface area (Å²) in [5, 5.41) is 14.0. The summed E-state index contributed by atoms with van der Waals surface area (Å²) in [5.41, 5.74) is -0.156. The van der Waals surface area contributed by atoms with Crippen molar-refractivity contribution in [2.75, 3.05) is 13.1 Å². The Morgan fingerprint density at radius 2 is 2.41 bits per heavy atom. The minimum absolute atomic E-state index is 0.0858. The third-order valence-electron chi connectivity index (χ3n) is 2.69. The Bertz CT molecular complexity index is 446. The van der Waals surface area contributed by atoms with Crippen LogP contribution in [0.3, 0.4) is 0 Å². The van der Waals surface area contributed by atoms with Crippen molar-refractivity contribution in [1.29, 1.82) is 0 Å². The van der Waals surface area contributed by atoms with Gasteiger partial charge in [-0.3, -0.25) is 14.3 Å². The fraction of sp³-hybridized carbons (Fsp3) is 0.500. The fourth-order valence-electron chi connectivity index (χ4n) is 1.84. The largest absolute Gasteiger partial charge is 0.316 e. The molecule has 2 heterocycles. The molecule has 1 N–H and O–H groups in total. The SMILES string of the molecule is O=[N+]([O-])c1cccnc1[S@](=O)[C@H]1CCCNC1. The van der Waals surface area contributed by atoms with Crippen LogP contribution in [-0.2, 0) is 10.8 Å². The number of pyridine rings is 1. The molecule has 1 aliphatic heterocycles. The lowest BCUT2D eigenvalue weighted by molar-refractivity contribution is -0.388. The summed E-state index contributed by atoms with van der Waals surface area (Å²) in [4.78, 5) is 14.2. The van der Waals surface area contributed by atoms with Crippen LogP contribution in [0.5, 0.6) is 0 Å². The van der Waals surface area contributed by atoms with E-state index in [1.807, 2.05) is 0 Å². The molecular weight excluding hydrogens is 242 g/mol. The molecule has 1 fully saturated rings. The maximum absolute atomic E-state index is 12.2. The first-order chi connectivity index (χ1) is 8.20. The summed E-state index contributed by atoms with van der Waals surface area (Å²) in [5.74, 6) is 0. The molecule has 0 radical (unpaired) electrons. The van der Waals surface area contributed by atoms with Gasteiger partial charge in [0.2, 0.25) is 5.03 Å². The van der Waals surface area contributed by atoms with E-state index in [4.69, 9.17) is 0 Å². The predicted octanol–water partition coefficient (Wildman–Crippen LogP) is 0.849. The smallest absolute Gasteiger partial charge is 0.303 e. The molecule has 2 atom stereocenters. The molecule has 0 amide bonds. The van der Waals surface area contributed by atoms with Gasteiger partial charge in [-0.1, -0.05) is 0 Å². The first kappa shape index (κ1) is 12.1. The van der Waals surface area contributed by atoms with Gasteiger partial charge < -0.3 is 5.32 Å². The van der Waals surface area contributed by atoms with E-state index < -0.39 is 15.7 Å². The zero-order chi connectivity index (χ0) is 12.3. The van der Waals surface area contributed by atoms with Crippen LogP contribution in [0.4, 0.5) is 5.69 Å². The second-order valence-electron chi connectivity index (χ2n) is 3.85. The maximum Gasteiger partial charge on any atom is 0.303 e. The molecule has 1 aliphatic rings. The minimum atomic E-state index is -1.42. The molecule has 1 aromatic heterocycles. The Morgan fingerprint density at radius 1 is 1.59 bits per heavy atom. The van der Waals surface area contributed by atoms with Crippen LogP contribution in [0.15, 0.2) is 23.4 Å². The van der Waals surface area contributed by atoms with Crippen molar-refractivity contribution in [3.8, 4) is 0 Å². The van der Waals surface area contributed by atoms with E-state index in [1.165, 1.54) is 18.3 Å². The van der Waals surface area contributed by atoms with Gasteiger partial charge in [0, 0.05) is 18.8 Å². The fourth-order valence-corrected chi connectivity index (χ4v) is 3.32. The molecule has 0 unspecified atom stereocenters. The summed E-state index contributed by atoms with van der Waals surface area (Å²) in [7, 11) is -1.42. The average molecular weight is 255 g/mol. The molecular formula is C10H13N3O3S. The van der Waals surface area contributed by atoms with Crippen molar-refractivity contribution in [2.45, 2.75) is 23.1 Å². The molecule has 2 rings (SSSR count). The highest BCUT2D eigenvalue weighted by Crippen LogP contribution is 2.23. The second-order valence-corrected chi connectivity index (χ2v) is 5.50. The Kier molecular flexibility index (Phi) is 3.80. The van der Waals surface area contributed by atoms with E-state index in [2.05, 4.69) is 10.3 Å². The summed E-state index contributed by atoms with van der Waals surface area (Å²) in [6.45, 7) is 1.54. The van der Waals surface area contributed by atoms with E-state index in [1.54, 1.807) is 0 Å². The van der Waals surface area contributed by atoms with Crippen LogP contribution in [-0.4, -0.2) is 32.5 Å². The lowest BCUT2D eigenvalue weighted by Crippen LogP contribution is -2.36. The second kappa shape index (κ2) is 5.33. The lowest BCUT2D eigenvalue weighted by Gasteiger charge is -2.21. The van der Waals surface area contributed by atoms with E-state index in [0.29, 0.717) is 6.54 Å². The Balaban J connectivity index is 2.26. The van der Waals surface area contributed by atoms with E-state index in [-0.39, 0.29) is 16.0 Å². The average Bonchev–Trinajstić information content (AvgIpc) is 2.39. The number of piperidine rings is 1. The van der Waals surface area contributed by atoms with Crippen molar-refractivity contribution in [2.24, 2.45) is 0 Å². The summed E-state index contributed by atoms with van der Waals surface area (Å²) in [6, 6.07) is 2.83. The molecule has 0 aliphatic carbocycles. The highest BCUT2D eigenvalue weighted by Gasteiger charge is 2.27. The predicted molar refractivity (Wildman–Crippen MR) is 63.2 cm³/mol. The van der Waals surface area contributed by atoms with Gasteiger partial charge in [0.15, 0.2) is 0 Å². The molecule has 0 bridgehead atoms. The molecule has 0 saturated carbocycles. The zero-order valence-corrected chi connectivity index (χ0v) is 9.98. The Hall–Kier alpha value is -1.34. The number of nitro groups is 1. The third kappa shape index (κ3) is 2.67. The van der Waals surface area contributed by atoms with E-state index in [9.17, 15) is 14.3 Å². The molecule has 1 saturated heterocycles. The Morgan fingerprint density at radius 3 is 3.06 bits per heavy atom. The van der Waals surface area contributed by atoms with Crippen LogP contribution in [0.2, 0.25) is 0 Å². The molecule has 6 nitrogen and oxygen atoms in total. The maximum atomic E-state index is 12.2. The van der Waals surface area contributed by atoms with Crippen molar-refractivity contribution in [3.05, 3.63) is 28.4 Å². The van der Waals surface area contributed by atoms with Gasteiger partial charge in [-0.15, -0.1) is 0 Å². The van der Waals surface area contributed by atoms with Gasteiger partial charge in [-0.25, -0.2) is 4.98 Å². The van der Waals surface area contributed by atoms with Gasteiger partial charge in [0.25, 0.3) is 0 Å². The van der Waals surface area contributed by atoms with Gasteiger partial charge in [-0.05, 0) is 25.5 Å². The van der Waals surface area contributed by atoms with E-state index in [0.717, 1.165) is 19.4 Å². The molecule has 92 valence electrons. The number of hydrogen-bond donors (Lipinski definition) is 1. The van der Waals surface area contributed by atoms with Crippen LogP contribution in [0.1, 0.15) is 12.8 Å². The lowest BCUT2D eigenvalue weighted by atomic mass is 10.2. The highest BCUT2D eigenvalue weighted by molar-refractivity contribution is 7.85. The topological polar surface area (TPSA) is 85.1 Å². The molecule has 7 heteroatoms. The molecule has 0 aromatic carbocycles. The van der Waals surface area contributed by atoms with Crippen LogP contribution in [0.25, 0.3) is 0 Å². The van der Waals surface area contributed by atoms with Gasteiger partial charge >= 0.3 is 5.69 Å². The molecule has 1 aromatic rings. The van der Waals surface area contributed by atoms with Crippen molar-refractivity contribution >= 4 is 16.5 Å². The standard InChI is InChI=1S/C10H13N3O3S/c14-13(15)9-4-2-6-12-10(9)17(16)8-3-1-5-11-7-8/h2,4,6,8,11H,1,3,5,7H2/t8-,17+/m0/s1. The van der Waals surface area contributed by atoms with E-state index >= 15 is 0 Å². The molecule has 17 heavy (non-hydrogen) atoms. The zero-order valence-electron chi connectivity index (χ0n) is 9.17. The van der Waals surface area contributed by atoms with Crippen molar-refractivity contribution in [1.82, 2.24) is 10.3 Å². The monoisotopic (exact) mass is 255 g/mol.